The number of hydrogen-bond donors (Lipinski definition) is 1. The maximum atomic E-state index is 12.7. The quantitative estimate of drug-likeness (QED) is 0.546. The third-order valence-corrected chi connectivity index (χ3v) is 1.48. The maximum Gasteiger partial charge on any atom is 0.407 e. The molecule has 2 nitrogen and oxygen atoms in total. The number of aromatic nitrogens is 1. The Labute approximate surface area is 71.4 Å². The van der Waals surface area contributed by atoms with Crippen LogP contribution in [0.2, 0.25) is 0 Å². The molecule has 1 atom stereocenters. The zero-order valence-electron chi connectivity index (χ0n) is 6.35. The summed E-state index contributed by atoms with van der Waals surface area (Å²) in [4.78, 5) is 3.07. The number of alkyl halides is 3. The molecule has 1 rings (SSSR count). The highest BCUT2D eigenvalue weighted by molar-refractivity contribution is 5.16. The molecule has 0 radical (unpaired) electrons. The molecule has 2 N–H and O–H groups in total. The summed E-state index contributed by atoms with van der Waals surface area (Å²) in [5.41, 5.74) is 4.12. The minimum Gasteiger partial charge on any atom is -0.316 e. The number of nitrogens with zero attached hydrogens (tertiary/aromatic N) is 1. The molecule has 0 aromatic carbocycles. The van der Waals surface area contributed by atoms with E-state index in [1.165, 1.54) is 6.07 Å². The first-order valence-electron chi connectivity index (χ1n) is 3.35. The van der Waals surface area contributed by atoms with E-state index in [1.807, 2.05) is 0 Å². The van der Waals surface area contributed by atoms with Crippen LogP contribution in [0.25, 0.3) is 0 Å². The summed E-state index contributed by atoms with van der Waals surface area (Å²) in [6.07, 6.45) is -3.59. The molecule has 6 heteroatoms. The van der Waals surface area contributed by atoms with Crippen molar-refractivity contribution < 1.29 is 17.6 Å². The molecule has 0 saturated heterocycles. The number of pyridine rings is 1. The average molecular weight is 194 g/mol. The molecule has 0 spiro atoms. The molecule has 0 aliphatic heterocycles. The van der Waals surface area contributed by atoms with E-state index in [0.29, 0.717) is 0 Å². The lowest BCUT2D eigenvalue weighted by Gasteiger charge is -2.15. The minimum atomic E-state index is -4.65. The van der Waals surface area contributed by atoms with Crippen LogP contribution in [0.4, 0.5) is 17.6 Å². The summed E-state index contributed by atoms with van der Waals surface area (Å²) in [6, 6.07) is -0.161. The molecule has 13 heavy (non-hydrogen) atoms. The zero-order valence-corrected chi connectivity index (χ0v) is 6.35. The van der Waals surface area contributed by atoms with Crippen LogP contribution >= 0.6 is 0 Å². The second kappa shape index (κ2) is 3.29. The van der Waals surface area contributed by atoms with Gasteiger partial charge in [-0.2, -0.15) is 17.6 Å². The van der Waals surface area contributed by atoms with Gasteiger partial charge in [0.2, 0.25) is 5.95 Å². The van der Waals surface area contributed by atoms with E-state index in [9.17, 15) is 17.6 Å². The third kappa shape index (κ3) is 2.15. The van der Waals surface area contributed by atoms with Crippen LogP contribution in [0.5, 0.6) is 0 Å². The van der Waals surface area contributed by atoms with Crippen LogP contribution in [0, 0.1) is 5.95 Å². The van der Waals surface area contributed by atoms with Crippen LogP contribution in [-0.2, 0) is 0 Å². The first-order chi connectivity index (χ1) is 5.93. The highest BCUT2D eigenvalue weighted by atomic mass is 19.4. The first-order valence-corrected chi connectivity index (χ1v) is 3.35. The van der Waals surface area contributed by atoms with Gasteiger partial charge in [0.25, 0.3) is 0 Å². The monoisotopic (exact) mass is 194 g/mol. The minimum absolute atomic E-state index is 0.644. The van der Waals surface area contributed by atoms with Crippen molar-refractivity contribution in [2.45, 2.75) is 12.2 Å². The van der Waals surface area contributed by atoms with E-state index in [4.69, 9.17) is 5.73 Å². The summed E-state index contributed by atoms with van der Waals surface area (Å²) in [5, 5.41) is 0. The van der Waals surface area contributed by atoms with Gasteiger partial charge in [-0.05, 0) is 6.07 Å². The van der Waals surface area contributed by atoms with Crippen LogP contribution in [0.3, 0.4) is 0 Å². The Morgan fingerprint density at radius 3 is 2.46 bits per heavy atom. The van der Waals surface area contributed by atoms with Gasteiger partial charge in [0.05, 0.1) is 0 Å². The lowest BCUT2D eigenvalue weighted by atomic mass is 10.1. The number of rotatable bonds is 1. The summed E-state index contributed by atoms with van der Waals surface area (Å²) < 4.78 is 48.7. The number of nitrogens with two attached hydrogens (primary N) is 1. The Morgan fingerprint density at radius 2 is 2.00 bits per heavy atom. The van der Waals surface area contributed by atoms with Crippen molar-refractivity contribution in [2.75, 3.05) is 0 Å². The molecule has 0 unspecified atom stereocenters. The first kappa shape index (κ1) is 9.91. The van der Waals surface area contributed by atoms with Crippen LogP contribution in [-0.4, -0.2) is 11.2 Å². The molecular formula is C7H6F4N2. The van der Waals surface area contributed by atoms with Gasteiger partial charge in [0.15, 0.2) is 0 Å². The fraction of sp³-hybridized carbons (Fsp3) is 0.286. The lowest BCUT2D eigenvalue weighted by Crippen LogP contribution is -2.29. The van der Waals surface area contributed by atoms with Gasteiger partial charge in [0.1, 0.15) is 6.04 Å². The van der Waals surface area contributed by atoms with E-state index in [2.05, 4.69) is 4.98 Å². The molecule has 0 fully saturated rings. The molecule has 1 aromatic rings. The number of hydrogen-bond acceptors (Lipinski definition) is 2. The Bertz CT molecular complexity index is 297. The van der Waals surface area contributed by atoms with Crippen molar-refractivity contribution in [3.63, 3.8) is 0 Å². The normalized spacial score (nSPS) is 14.2. The van der Waals surface area contributed by atoms with Crippen molar-refractivity contribution in [1.29, 1.82) is 0 Å². The van der Waals surface area contributed by atoms with Gasteiger partial charge < -0.3 is 5.73 Å². The Kier molecular flexibility index (Phi) is 2.51. The van der Waals surface area contributed by atoms with Crippen LogP contribution in [0.1, 0.15) is 11.6 Å². The SMILES string of the molecule is N[C@@H](c1cccnc1F)C(F)(F)F. The van der Waals surface area contributed by atoms with Gasteiger partial charge in [-0.1, -0.05) is 6.07 Å². The van der Waals surface area contributed by atoms with Crippen molar-refractivity contribution in [2.24, 2.45) is 5.73 Å². The summed E-state index contributed by atoms with van der Waals surface area (Å²) in [7, 11) is 0. The molecule has 0 saturated carbocycles. The smallest absolute Gasteiger partial charge is 0.316 e. The topological polar surface area (TPSA) is 38.9 Å². The fourth-order valence-electron chi connectivity index (χ4n) is 0.807. The van der Waals surface area contributed by atoms with E-state index in [1.54, 1.807) is 0 Å². The molecule has 0 bridgehead atoms. The van der Waals surface area contributed by atoms with E-state index < -0.39 is 23.7 Å². The molecule has 0 aliphatic rings. The second-order valence-electron chi connectivity index (χ2n) is 2.40. The summed E-state index contributed by atoms with van der Waals surface area (Å²) >= 11 is 0. The molecule has 1 aromatic heterocycles. The fourth-order valence-corrected chi connectivity index (χ4v) is 0.807. The highest BCUT2D eigenvalue weighted by Crippen LogP contribution is 2.30. The summed E-state index contributed by atoms with van der Waals surface area (Å²) in [5.74, 6) is -1.19. The third-order valence-electron chi connectivity index (χ3n) is 1.48. The molecule has 72 valence electrons. The van der Waals surface area contributed by atoms with Gasteiger partial charge in [-0.25, -0.2) is 4.98 Å². The van der Waals surface area contributed by atoms with Gasteiger partial charge in [-0.3, -0.25) is 0 Å². The molecular weight excluding hydrogens is 188 g/mol. The van der Waals surface area contributed by atoms with Crippen molar-refractivity contribution >= 4 is 0 Å². The van der Waals surface area contributed by atoms with E-state index >= 15 is 0 Å². The predicted octanol–water partition coefficient (Wildman–Crippen LogP) is 1.78. The molecule has 0 aliphatic carbocycles. The molecule has 0 amide bonds. The van der Waals surface area contributed by atoms with Gasteiger partial charge in [0, 0.05) is 11.8 Å². The number of halogens is 4. The van der Waals surface area contributed by atoms with E-state index in [-0.39, 0.29) is 0 Å². The maximum absolute atomic E-state index is 12.7. The predicted molar refractivity (Wildman–Crippen MR) is 37.2 cm³/mol. The van der Waals surface area contributed by atoms with Gasteiger partial charge in [-0.15, -0.1) is 0 Å². The van der Waals surface area contributed by atoms with E-state index in [0.717, 1.165) is 12.3 Å². The van der Waals surface area contributed by atoms with Crippen molar-refractivity contribution in [1.82, 2.24) is 4.98 Å². The Hall–Kier alpha value is -1.17. The van der Waals surface area contributed by atoms with Crippen molar-refractivity contribution in [3.05, 3.63) is 29.8 Å². The largest absolute Gasteiger partial charge is 0.407 e. The Morgan fingerprint density at radius 1 is 1.38 bits per heavy atom. The van der Waals surface area contributed by atoms with Crippen LogP contribution in [0.15, 0.2) is 18.3 Å². The Balaban J connectivity index is 3.02. The highest BCUT2D eigenvalue weighted by Gasteiger charge is 2.39. The van der Waals surface area contributed by atoms with Gasteiger partial charge >= 0.3 is 6.18 Å². The van der Waals surface area contributed by atoms with Crippen molar-refractivity contribution in [3.8, 4) is 0 Å². The molecule has 1 heterocycles. The second-order valence-corrected chi connectivity index (χ2v) is 2.40. The van der Waals surface area contributed by atoms with Crippen LogP contribution < -0.4 is 5.73 Å². The summed E-state index contributed by atoms with van der Waals surface area (Å²) in [6.45, 7) is 0. The zero-order chi connectivity index (χ0) is 10.1. The standard InChI is InChI=1S/C7H6F4N2/c8-6-4(2-1-3-13-6)5(12)7(9,10)11/h1-3,5H,12H2/t5-/m0/s1. The lowest BCUT2D eigenvalue weighted by molar-refractivity contribution is -0.149. The average Bonchev–Trinajstić information content (AvgIpc) is 2.02.